The van der Waals surface area contributed by atoms with Crippen LogP contribution in [0.5, 0.6) is 0 Å². The molecule has 1 aliphatic rings. The zero-order valence-corrected chi connectivity index (χ0v) is 14.6. The molecule has 3 aromatic rings. The first kappa shape index (κ1) is 15.9. The lowest BCUT2D eigenvalue weighted by Gasteiger charge is -2.42. The maximum Gasteiger partial charge on any atom is 0.323 e. The van der Waals surface area contributed by atoms with Crippen molar-refractivity contribution in [2.24, 2.45) is 0 Å². The molecule has 1 aliphatic heterocycles. The summed E-state index contributed by atoms with van der Waals surface area (Å²) in [6, 6.07) is 7.88. The largest absolute Gasteiger partial charge is 0.468 e. The molecule has 4 rings (SSSR count). The van der Waals surface area contributed by atoms with Crippen LogP contribution in [0.4, 0.5) is 0 Å². The summed E-state index contributed by atoms with van der Waals surface area (Å²) >= 11 is 0. The number of H-pyrrole nitrogens is 2. The minimum Gasteiger partial charge on any atom is -0.468 e. The highest BCUT2D eigenvalue weighted by atomic mass is 16.5. The van der Waals surface area contributed by atoms with E-state index in [0.29, 0.717) is 6.42 Å². The highest BCUT2D eigenvalue weighted by Crippen LogP contribution is 2.41. The van der Waals surface area contributed by atoms with Crippen molar-refractivity contribution in [2.75, 3.05) is 7.11 Å². The number of hydrogen-bond acceptors (Lipinski definition) is 4. The molecule has 6 nitrogen and oxygen atoms in total. The first-order valence-electron chi connectivity index (χ1n) is 8.55. The monoisotopic (exact) mass is 338 g/mol. The molecule has 0 spiro atoms. The number of nitrogens with one attached hydrogen (secondary N) is 2. The Kier molecular flexibility index (Phi) is 3.84. The molecule has 0 aliphatic carbocycles. The Morgan fingerprint density at radius 2 is 2.16 bits per heavy atom. The molecular formula is C19H22N4O2. The first-order chi connectivity index (χ1) is 12.1. The third-order valence-electron chi connectivity index (χ3n) is 5.02. The second-order valence-electron chi connectivity index (χ2n) is 6.72. The molecule has 130 valence electrons. The summed E-state index contributed by atoms with van der Waals surface area (Å²) in [4.78, 5) is 26.0. The number of aromatic amines is 2. The molecule has 2 N–H and O–H groups in total. The van der Waals surface area contributed by atoms with Gasteiger partial charge < -0.3 is 14.7 Å². The lowest BCUT2D eigenvalue weighted by Crippen LogP contribution is -2.52. The highest BCUT2D eigenvalue weighted by Gasteiger charge is 2.43. The fraction of sp³-hybridized carbons (Fsp3) is 0.368. The topological polar surface area (TPSA) is 74.0 Å². The number of ether oxygens (including phenoxy) is 1. The fourth-order valence-electron chi connectivity index (χ4n) is 4.01. The lowest BCUT2D eigenvalue weighted by atomic mass is 9.90. The number of carbonyl (C=O) groups excluding carboxylic acids is 1. The lowest BCUT2D eigenvalue weighted by molar-refractivity contribution is -0.149. The van der Waals surface area contributed by atoms with E-state index in [1.54, 1.807) is 6.20 Å². The van der Waals surface area contributed by atoms with E-state index in [1.165, 1.54) is 12.7 Å². The van der Waals surface area contributed by atoms with E-state index in [-0.39, 0.29) is 24.1 Å². The number of aromatic nitrogens is 3. The molecule has 0 unspecified atom stereocenters. The molecule has 0 saturated heterocycles. The molecule has 0 bridgehead atoms. The Balaban J connectivity index is 1.96. The van der Waals surface area contributed by atoms with Crippen molar-refractivity contribution in [1.82, 2.24) is 19.9 Å². The Morgan fingerprint density at radius 1 is 1.36 bits per heavy atom. The summed E-state index contributed by atoms with van der Waals surface area (Å²) in [6.07, 6.45) is 4.19. The van der Waals surface area contributed by atoms with E-state index in [9.17, 15) is 4.79 Å². The molecule has 6 heteroatoms. The number of methoxy groups -OCH3 is 1. The van der Waals surface area contributed by atoms with Gasteiger partial charge in [-0.25, -0.2) is 4.98 Å². The summed E-state index contributed by atoms with van der Waals surface area (Å²) in [6.45, 7) is 4.19. The van der Waals surface area contributed by atoms with Gasteiger partial charge in [0.15, 0.2) is 0 Å². The number of carbonyl (C=O) groups is 1. The maximum absolute atomic E-state index is 12.6. The normalized spacial score (nSPS) is 20.8. The van der Waals surface area contributed by atoms with Gasteiger partial charge in [-0.15, -0.1) is 0 Å². The predicted octanol–water partition coefficient (Wildman–Crippen LogP) is 2.79. The second kappa shape index (κ2) is 6.04. The van der Waals surface area contributed by atoms with E-state index in [4.69, 9.17) is 4.74 Å². The molecule has 2 atom stereocenters. The summed E-state index contributed by atoms with van der Waals surface area (Å²) in [5, 5.41) is 1.16. The van der Waals surface area contributed by atoms with Gasteiger partial charge in [-0.1, -0.05) is 18.2 Å². The van der Waals surface area contributed by atoms with Gasteiger partial charge in [0.1, 0.15) is 17.9 Å². The first-order valence-corrected chi connectivity index (χ1v) is 8.55. The Morgan fingerprint density at radius 3 is 2.84 bits per heavy atom. The van der Waals surface area contributed by atoms with Crippen LogP contribution in [0.15, 0.2) is 36.7 Å². The molecule has 25 heavy (non-hydrogen) atoms. The van der Waals surface area contributed by atoms with Gasteiger partial charge in [0.25, 0.3) is 0 Å². The van der Waals surface area contributed by atoms with Gasteiger partial charge in [-0.05, 0) is 25.5 Å². The number of fused-ring (bicyclic) bond motifs is 3. The number of para-hydroxylation sites is 1. The van der Waals surface area contributed by atoms with Crippen LogP contribution in [0, 0.1) is 0 Å². The molecule has 2 aromatic heterocycles. The van der Waals surface area contributed by atoms with Gasteiger partial charge >= 0.3 is 5.97 Å². The van der Waals surface area contributed by atoms with Crippen molar-refractivity contribution in [3.8, 4) is 0 Å². The van der Waals surface area contributed by atoms with Crippen LogP contribution in [-0.2, 0) is 16.0 Å². The van der Waals surface area contributed by atoms with E-state index >= 15 is 0 Å². The zero-order valence-electron chi connectivity index (χ0n) is 14.6. The van der Waals surface area contributed by atoms with E-state index in [2.05, 4.69) is 45.8 Å². The zero-order chi connectivity index (χ0) is 17.6. The van der Waals surface area contributed by atoms with Crippen LogP contribution in [-0.4, -0.2) is 45.0 Å². The van der Waals surface area contributed by atoms with Crippen molar-refractivity contribution in [3.05, 3.63) is 53.7 Å². The van der Waals surface area contributed by atoms with Gasteiger partial charge in [0.2, 0.25) is 0 Å². The van der Waals surface area contributed by atoms with Crippen LogP contribution < -0.4 is 0 Å². The summed E-state index contributed by atoms with van der Waals surface area (Å²) in [5.41, 5.74) is 3.35. The van der Waals surface area contributed by atoms with E-state index in [0.717, 1.165) is 22.4 Å². The van der Waals surface area contributed by atoms with Gasteiger partial charge in [-0.3, -0.25) is 9.69 Å². The van der Waals surface area contributed by atoms with Crippen LogP contribution in [0.25, 0.3) is 10.9 Å². The van der Waals surface area contributed by atoms with Crippen molar-refractivity contribution in [3.63, 3.8) is 0 Å². The van der Waals surface area contributed by atoms with Crippen molar-refractivity contribution in [1.29, 1.82) is 0 Å². The minimum absolute atomic E-state index is 0.143. The van der Waals surface area contributed by atoms with Crippen LogP contribution >= 0.6 is 0 Å². The smallest absolute Gasteiger partial charge is 0.323 e. The van der Waals surface area contributed by atoms with Crippen LogP contribution in [0.1, 0.15) is 37.0 Å². The van der Waals surface area contributed by atoms with Crippen molar-refractivity contribution >= 4 is 16.9 Å². The number of imidazole rings is 1. The second-order valence-corrected chi connectivity index (χ2v) is 6.72. The number of nitrogens with zero attached hydrogens (tertiary/aromatic N) is 2. The van der Waals surface area contributed by atoms with Crippen molar-refractivity contribution in [2.45, 2.75) is 38.4 Å². The third-order valence-corrected chi connectivity index (χ3v) is 5.02. The fourth-order valence-corrected chi connectivity index (χ4v) is 4.01. The van der Waals surface area contributed by atoms with Gasteiger partial charge in [0.05, 0.1) is 7.11 Å². The van der Waals surface area contributed by atoms with Crippen LogP contribution in [0.2, 0.25) is 0 Å². The molecule has 0 amide bonds. The molecule has 0 saturated carbocycles. The Hall–Kier alpha value is -2.60. The summed E-state index contributed by atoms with van der Waals surface area (Å²) in [5.74, 6) is 0.622. The SMILES string of the molecule is COC(=O)[C@@H]1Cc2c([nH]c3ccccc23)[C@@H](c2ncc[nH]2)N1C(C)C. The van der Waals surface area contributed by atoms with E-state index < -0.39 is 0 Å². The summed E-state index contributed by atoms with van der Waals surface area (Å²) < 4.78 is 5.12. The number of rotatable bonds is 3. The number of esters is 1. The number of benzene rings is 1. The maximum atomic E-state index is 12.6. The highest BCUT2D eigenvalue weighted by molar-refractivity contribution is 5.87. The standard InChI is InChI=1S/C19H22N4O2/c1-11(2)23-15(19(24)25-3)10-13-12-6-4-5-7-14(12)22-16(13)17(23)18-20-8-9-21-18/h4-9,11,15,17,22H,10H2,1-3H3,(H,20,21)/t15-,17-/m0/s1. The Labute approximate surface area is 146 Å². The third kappa shape index (κ3) is 2.44. The molecule has 0 fully saturated rings. The predicted molar refractivity (Wildman–Crippen MR) is 95.2 cm³/mol. The van der Waals surface area contributed by atoms with E-state index in [1.807, 2.05) is 18.3 Å². The summed E-state index contributed by atoms with van der Waals surface area (Å²) in [7, 11) is 1.45. The van der Waals surface area contributed by atoms with Gasteiger partial charge in [-0.2, -0.15) is 0 Å². The molecule has 1 aromatic carbocycles. The Bertz CT molecular complexity index is 897. The van der Waals surface area contributed by atoms with Crippen LogP contribution in [0.3, 0.4) is 0 Å². The number of hydrogen-bond donors (Lipinski definition) is 2. The quantitative estimate of drug-likeness (QED) is 0.720. The average molecular weight is 338 g/mol. The van der Waals surface area contributed by atoms with Gasteiger partial charge in [0, 0.05) is 41.5 Å². The molecule has 3 heterocycles. The van der Waals surface area contributed by atoms with Crippen molar-refractivity contribution < 1.29 is 9.53 Å². The molecule has 0 radical (unpaired) electrons. The molecular weight excluding hydrogens is 316 g/mol. The average Bonchev–Trinajstić information content (AvgIpc) is 3.26. The minimum atomic E-state index is -0.341.